The highest BCUT2D eigenvalue weighted by Gasteiger charge is 2.35. The number of phenols is 1. The van der Waals surface area contributed by atoms with Crippen molar-refractivity contribution in [3.05, 3.63) is 83.2 Å². The Labute approximate surface area is 195 Å². The first kappa shape index (κ1) is 23.2. The van der Waals surface area contributed by atoms with E-state index in [-0.39, 0.29) is 40.6 Å². The normalized spacial score (nSPS) is 13.2. The van der Waals surface area contributed by atoms with Crippen molar-refractivity contribution < 1.29 is 32.2 Å². The second kappa shape index (κ2) is 9.14. The molecule has 1 aliphatic heterocycles. The van der Waals surface area contributed by atoms with Gasteiger partial charge in [0.1, 0.15) is 0 Å². The van der Waals surface area contributed by atoms with E-state index in [1.165, 1.54) is 36.4 Å². The number of imide groups is 1. The SMILES string of the molecule is CCc1ccc(Oc2ccc(NS(=O)(=O)CCN3C(=O)c4ccccc4C3=O)cc2F)c(O)c1. The lowest BCUT2D eigenvalue weighted by Gasteiger charge is -2.15. The molecule has 0 fully saturated rings. The van der Waals surface area contributed by atoms with Crippen molar-refractivity contribution in [2.75, 3.05) is 17.0 Å². The van der Waals surface area contributed by atoms with Crippen molar-refractivity contribution in [1.29, 1.82) is 0 Å². The van der Waals surface area contributed by atoms with Gasteiger partial charge in [-0.15, -0.1) is 0 Å². The van der Waals surface area contributed by atoms with E-state index < -0.39 is 33.4 Å². The standard InChI is InChI=1S/C24H21FN2O6S/c1-2-15-7-9-22(20(28)13-15)33-21-10-8-16(14-19(21)25)26-34(31,32)12-11-27-23(29)17-5-3-4-6-18(17)24(27)30/h3-10,13-14,26,28H,2,11-12H2,1H3. The number of aryl methyl sites for hydroxylation is 1. The minimum absolute atomic E-state index is 0.0576. The topological polar surface area (TPSA) is 113 Å². The molecular weight excluding hydrogens is 463 g/mol. The van der Waals surface area contributed by atoms with Gasteiger partial charge in [-0.2, -0.15) is 0 Å². The van der Waals surface area contributed by atoms with Gasteiger partial charge in [-0.25, -0.2) is 12.8 Å². The molecule has 0 saturated carbocycles. The fourth-order valence-electron chi connectivity index (χ4n) is 3.52. The van der Waals surface area contributed by atoms with E-state index in [0.29, 0.717) is 6.42 Å². The van der Waals surface area contributed by atoms with Crippen LogP contribution in [0.3, 0.4) is 0 Å². The lowest BCUT2D eigenvalue weighted by Crippen LogP contribution is -2.35. The summed E-state index contributed by atoms with van der Waals surface area (Å²) in [6.07, 6.45) is 0.712. The zero-order valence-electron chi connectivity index (χ0n) is 18.1. The summed E-state index contributed by atoms with van der Waals surface area (Å²) in [4.78, 5) is 25.6. The number of fused-ring (bicyclic) bond motifs is 1. The maximum Gasteiger partial charge on any atom is 0.261 e. The number of phenolic OH excluding ortho intramolecular Hbond substituents is 1. The number of sulfonamides is 1. The number of halogens is 1. The Kier molecular flexibility index (Phi) is 6.25. The van der Waals surface area contributed by atoms with Crippen LogP contribution in [0.4, 0.5) is 10.1 Å². The average molecular weight is 485 g/mol. The predicted molar refractivity (Wildman–Crippen MR) is 123 cm³/mol. The third-order valence-corrected chi connectivity index (χ3v) is 6.59. The predicted octanol–water partition coefficient (Wildman–Crippen LogP) is 3.92. The third-order valence-electron chi connectivity index (χ3n) is 5.32. The number of nitrogens with one attached hydrogen (secondary N) is 1. The molecule has 10 heteroatoms. The molecule has 0 spiro atoms. The lowest BCUT2D eigenvalue weighted by molar-refractivity contribution is 0.0664. The summed E-state index contributed by atoms with van der Waals surface area (Å²) in [6.45, 7) is 1.58. The van der Waals surface area contributed by atoms with Crippen molar-refractivity contribution >= 4 is 27.5 Å². The van der Waals surface area contributed by atoms with Crippen molar-refractivity contribution in [3.63, 3.8) is 0 Å². The zero-order valence-corrected chi connectivity index (χ0v) is 18.9. The molecule has 0 unspecified atom stereocenters. The molecule has 176 valence electrons. The molecule has 2 N–H and O–H groups in total. The lowest BCUT2D eigenvalue weighted by atomic mass is 10.1. The summed E-state index contributed by atoms with van der Waals surface area (Å²) in [6, 6.07) is 14.5. The smallest absolute Gasteiger partial charge is 0.261 e. The van der Waals surface area contributed by atoms with E-state index in [1.54, 1.807) is 18.2 Å². The fraction of sp³-hybridized carbons (Fsp3) is 0.167. The van der Waals surface area contributed by atoms with Gasteiger partial charge in [0.15, 0.2) is 23.1 Å². The number of benzene rings is 3. The Bertz CT molecular complexity index is 1350. The van der Waals surface area contributed by atoms with Gasteiger partial charge in [0.2, 0.25) is 10.0 Å². The van der Waals surface area contributed by atoms with Crippen LogP contribution >= 0.6 is 0 Å². The molecule has 0 radical (unpaired) electrons. The highest BCUT2D eigenvalue weighted by atomic mass is 32.2. The zero-order chi connectivity index (χ0) is 24.5. The molecule has 0 saturated heterocycles. The molecule has 4 rings (SSSR count). The quantitative estimate of drug-likeness (QED) is 0.469. The number of carbonyl (C=O) groups is 2. The molecule has 34 heavy (non-hydrogen) atoms. The number of hydrogen-bond donors (Lipinski definition) is 2. The van der Waals surface area contributed by atoms with E-state index in [4.69, 9.17) is 4.74 Å². The Morgan fingerprint density at radius 1 is 0.971 bits per heavy atom. The molecule has 2 amide bonds. The summed E-state index contributed by atoms with van der Waals surface area (Å²) in [5, 5.41) is 10.0. The molecule has 0 aliphatic carbocycles. The summed E-state index contributed by atoms with van der Waals surface area (Å²) < 4.78 is 47.2. The van der Waals surface area contributed by atoms with Gasteiger partial charge in [0.25, 0.3) is 11.8 Å². The maximum absolute atomic E-state index is 14.5. The highest BCUT2D eigenvalue weighted by molar-refractivity contribution is 7.92. The van der Waals surface area contributed by atoms with Gasteiger partial charge in [-0.3, -0.25) is 19.2 Å². The van der Waals surface area contributed by atoms with Gasteiger partial charge < -0.3 is 9.84 Å². The number of nitrogens with zero attached hydrogens (tertiary/aromatic N) is 1. The van der Waals surface area contributed by atoms with Gasteiger partial charge in [-0.05, 0) is 48.4 Å². The summed E-state index contributed by atoms with van der Waals surface area (Å²) in [5.74, 6) is -2.80. The molecule has 1 heterocycles. The summed E-state index contributed by atoms with van der Waals surface area (Å²) in [5.41, 5.74) is 1.28. The number of hydrogen-bond acceptors (Lipinski definition) is 6. The molecule has 1 aliphatic rings. The first-order valence-corrected chi connectivity index (χ1v) is 12.1. The number of rotatable bonds is 8. The maximum atomic E-state index is 14.5. The average Bonchev–Trinajstić information content (AvgIpc) is 3.05. The second-order valence-electron chi connectivity index (χ2n) is 7.63. The largest absolute Gasteiger partial charge is 0.504 e. The van der Waals surface area contributed by atoms with E-state index >= 15 is 0 Å². The van der Waals surface area contributed by atoms with Gasteiger partial charge in [0, 0.05) is 12.6 Å². The van der Waals surface area contributed by atoms with Crippen LogP contribution in [-0.4, -0.2) is 42.5 Å². The molecule has 3 aromatic rings. The van der Waals surface area contributed by atoms with E-state index in [0.717, 1.165) is 16.5 Å². The van der Waals surface area contributed by atoms with Crippen LogP contribution in [0.25, 0.3) is 0 Å². The van der Waals surface area contributed by atoms with Crippen LogP contribution in [0.15, 0.2) is 60.7 Å². The van der Waals surface area contributed by atoms with Crippen molar-refractivity contribution in [1.82, 2.24) is 4.90 Å². The Hall–Kier alpha value is -3.92. The van der Waals surface area contributed by atoms with Crippen LogP contribution in [-0.2, 0) is 16.4 Å². The molecule has 3 aromatic carbocycles. The number of anilines is 1. The Morgan fingerprint density at radius 3 is 2.21 bits per heavy atom. The van der Waals surface area contributed by atoms with Gasteiger partial charge >= 0.3 is 0 Å². The van der Waals surface area contributed by atoms with Crippen molar-refractivity contribution in [2.24, 2.45) is 0 Å². The van der Waals surface area contributed by atoms with Crippen LogP contribution in [0.1, 0.15) is 33.2 Å². The Balaban J connectivity index is 1.41. The van der Waals surface area contributed by atoms with Crippen LogP contribution in [0.5, 0.6) is 17.2 Å². The molecule has 8 nitrogen and oxygen atoms in total. The number of carbonyl (C=O) groups excluding carboxylic acids is 2. The van der Waals surface area contributed by atoms with Crippen molar-refractivity contribution in [2.45, 2.75) is 13.3 Å². The number of ether oxygens (including phenoxy) is 1. The van der Waals surface area contributed by atoms with Gasteiger partial charge in [-0.1, -0.05) is 25.1 Å². The first-order chi connectivity index (χ1) is 16.2. The van der Waals surface area contributed by atoms with Crippen LogP contribution in [0, 0.1) is 5.82 Å². The highest BCUT2D eigenvalue weighted by Crippen LogP contribution is 2.33. The fourth-order valence-corrected chi connectivity index (χ4v) is 4.53. The summed E-state index contributed by atoms with van der Waals surface area (Å²) >= 11 is 0. The summed E-state index contributed by atoms with van der Waals surface area (Å²) in [7, 11) is -4.00. The molecular formula is C24H21FN2O6S. The van der Waals surface area contributed by atoms with Crippen LogP contribution < -0.4 is 9.46 Å². The van der Waals surface area contributed by atoms with Crippen molar-refractivity contribution in [3.8, 4) is 17.2 Å². The number of aromatic hydroxyl groups is 1. The first-order valence-electron chi connectivity index (χ1n) is 10.4. The molecule has 0 atom stereocenters. The van der Waals surface area contributed by atoms with Crippen LogP contribution in [0.2, 0.25) is 0 Å². The monoisotopic (exact) mass is 484 g/mol. The van der Waals surface area contributed by atoms with Gasteiger partial charge in [0.05, 0.1) is 22.6 Å². The molecule has 0 bridgehead atoms. The Morgan fingerprint density at radius 2 is 1.62 bits per heavy atom. The minimum atomic E-state index is -4.00. The van der Waals surface area contributed by atoms with E-state index in [2.05, 4.69) is 4.72 Å². The third kappa shape index (κ3) is 4.72. The minimum Gasteiger partial charge on any atom is -0.504 e. The second-order valence-corrected chi connectivity index (χ2v) is 9.47. The van der Waals surface area contributed by atoms with E-state index in [9.17, 15) is 27.5 Å². The molecule has 0 aromatic heterocycles. The number of amides is 2. The van der Waals surface area contributed by atoms with E-state index in [1.807, 2.05) is 6.92 Å².